The Morgan fingerprint density at radius 1 is 1.05 bits per heavy atom. The third-order valence-corrected chi connectivity index (χ3v) is 4.00. The van der Waals surface area contributed by atoms with E-state index in [0.717, 1.165) is 11.1 Å². The number of carbonyl (C=O) groups is 1. The first-order valence-electron chi connectivity index (χ1n) is 7.64. The van der Waals surface area contributed by atoms with Gasteiger partial charge < -0.3 is 9.47 Å². The molecule has 0 spiro atoms. The lowest BCUT2D eigenvalue weighted by Crippen LogP contribution is -2.36. The highest BCUT2D eigenvalue weighted by molar-refractivity contribution is 5.96. The van der Waals surface area contributed by atoms with Crippen LogP contribution in [-0.2, 0) is 9.47 Å². The maximum absolute atomic E-state index is 12.4. The SMILES string of the molecule is C[C@H]1CO[C@@H](c2ccccc2)O[C@H]1CC(=O)c1ccccc1. The summed E-state index contributed by atoms with van der Waals surface area (Å²) in [6.45, 7) is 2.66. The third-order valence-electron chi connectivity index (χ3n) is 4.00. The second-order valence-electron chi connectivity index (χ2n) is 5.72. The van der Waals surface area contributed by atoms with E-state index in [-0.39, 0.29) is 24.1 Å². The zero-order valence-corrected chi connectivity index (χ0v) is 12.6. The van der Waals surface area contributed by atoms with Gasteiger partial charge in [0.2, 0.25) is 0 Å². The zero-order valence-electron chi connectivity index (χ0n) is 12.6. The Labute approximate surface area is 130 Å². The van der Waals surface area contributed by atoms with Gasteiger partial charge >= 0.3 is 0 Å². The molecule has 2 aromatic rings. The molecule has 0 amide bonds. The van der Waals surface area contributed by atoms with Crippen molar-refractivity contribution in [2.75, 3.05) is 6.61 Å². The highest BCUT2D eigenvalue weighted by atomic mass is 16.7. The summed E-state index contributed by atoms with van der Waals surface area (Å²) >= 11 is 0. The molecule has 1 fully saturated rings. The number of rotatable bonds is 4. The van der Waals surface area contributed by atoms with Gasteiger partial charge in [0, 0.05) is 23.5 Å². The molecule has 1 aliphatic heterocycles. The van der Waals surface area contributed by atoms with Crippen molar-refractivity contribution in [3.63, 3.8) is 0 Å². The van der Waals surface area contributed by atoms with E-state index in [2.05, 4.69) is 6.92 Å². The predicted molar refractivity (Wildman–Crippen MR) is 84.6 cm³/mol. The summed E-state index contributed by atoms with van der Waals surface area (Å²) in [6.07, 6.45) is -0.115. The van der Waals surface area contributed by atoms with Gasteiger partial charge in [0.15, 0.2) is 12.1 Å². The maximum Gasteiger partial charge on any atom is 0.184 e. The minimum absolute atomic E-state index is 0.117. The molecular formula is C19H20O3. The molecule has 3 nitrogen and oxygen atoms in total. The van der Waals surface area contributed by atoms with Crippen LogP contribution in [0.5, 0.6) is 0 Å². The standard InChI is InChI=1S/C19H20O3/c1-14-13-21-19(16-10-6-3-7-11-16)22-18(14)12-17(20)15-8-4-2-5-9-15/h2-11,14,18-19H,12-13H2,1H3/t14-,18-,19+/m0/s1. The van der Waals surface area contributed by atoms with E-state index in [1.54, 1.807) is 0 Å². The highest BCUT2D eigenvalue weighted by Crippen LogP contribution is 2.31. The predicted octanol–water partition coefficient (Wildman–Crippen LogP) is 4.01. The number of Topliss-reactive ketones (excluding diaryl/α,β-unsaturated/α-hetero) is 1. The molecule has 0 radical (unpaired) electrons. The summed E-state index contributed by atoms with van der Waals surface area (Å²) in [4.78, 5) is 12.4. The highest BCUT2D eigenvalue weighted by Gasteiger charge is 2.31. The number of ether oxygens (including phenoxy) is 2. The Bertz CT molecular complexity index is 609. The van der Waals surface area contributed by atoms with Gasteiger partial charge in [-0.25, -0.2) is 0 Å². The normalized spacial score (nSPS) is 24.9. The van der Waals surface area contributed by atoms with Crippen LogP contribution in [0.1, 0.15) is 35.6 Å². The summed E-state index contributed by atoms with van der Waals surface area (Å²) < 4.78 is 11.8. The summed E-state index contributed by atoms with van der Waals surface area (Å²) in [5, 5.41) is 0. The fourth-order valence-electron chi connectivity index (χ4n) is 2.64. The van der Waals surface area contributed by atoms with E-state index in [4.69, 9.17) is 9.47 Å². The lowest BCUT2D eigenvalue weighted by Gasteiger charge is -2.34. The summed E-state index contributed by atoms with van der Waals surface area (Å²) in [5.74, 6) is 0.318. The second kappa shape index (κ2) is 6.86. The summed E-state index contributed by atoms with van der Waals surface area (Å²) in [6, 6.07) is 19.2. The minimum atomic E-state index is -0.383. The van der Waals surface area contributed by atoms with E-state index in [9.17, 15) is 4.79 Å². The van der Waals surface area contributed by atoms with Gasteiger partial charge in [-0.05, 0) is 0 Å². The van der Waals surface area contributed by atoms with Gasteiger partial charge in [0.1, 0.15) is 0 Å². The quantitative estimate of drug-likeness (QED) is 0.800. The van der Waals surface area contributed by atoms with Crippen molar-refractivity contribution in [2.24, 2.45) is 5.92 Å². The molecule has 22 heavy (non-hydrogen) atoms. The molecule has 1 saturated heterocycles. The molecule has 0 saturated carbocycles. The average molecular weight is 296 g/mol. The Morgan fingerprint density at radius 3 is 2.36 bits per heavy atom. The minimum Gasteiger partial charge on any atom is -0.348 e. The van der Waals surface area contributed by atoms with Crippen LogP contribution in [-0.4, -0.2) is 18.5 Å². The molecule has 3 heteroatoms. The van der Waals surface area contributed by atoms with Crippen molar-refractivity contribution in [2.45, 2.75) is 25.7 Å². The van der Waals surface area contributed by atoms with E-state index in [1.807, 2.05) is 60.7 Å². The lowest BCUT2D eigenvalue weighted by atomic mass is 9.96. The molecule has 2 aromatic carbocycles. The molecule has 0 aliphatic carbocycles. The third kappa shape index (κ3) is 3.43. The van der Waals surface area contributed by atoms with Crippen LogP contribution in [0, 0.1) is 5.92 Å². The summed E-state index contributed by atoms with van der Waals surface area (Å²) in [5.41, 5.74) is 1.73. The van der Waals surface area contributed by atoms with Gasteiger partial charge in [0.25, 0.3) is 0 Å². The van der Waals surface area contributed by atoms with Crippen molar-refractivity contribution < 1.29 is 14.3 Å². The fraction of sp³-hybridized carbons (Fsp3) is 0.316. The Hall–Kier alpha value is -1.97. The molecule has 3 rings (SSSR count). The van der Waals surface area contributed by atoms with E-state index < -0.39 is 0 Å². The summed E-state index contributed by atoms with van der Waals surface area (Å²) in [7, 11) is 0. The van der Waals surface area contributed by atoms with Crippen molar-refractivity contribution in [1.82, 2.24) is 0 Å². The van der Waals surface area contributed by atoms with Crippen LogP contribution in [0.3, 0.4) is 0 Å². The Kier molecular flexibility index (Phi) is 4.66. The van der Waals surface area contributed by atoms with Gasteiger partial charge in [0.05, 0.1) is 12.7 Å². The van der Waals surface area contributed by atoms with Crippen molar-refractivity contribution in [3.8, 4) is 0 Å². The Morgan fingerprint density at radius 2 is 1.68 bits per heavy atom. The second-order valence-corrected chi connectivity index (χ2v) is 5.72. The van der Waals surface area contributed by atoms with E-state index >= 15 is 0 Å². The first-order chi connectivity index (χ1) is 10.7. The van der Waals surface area contributed by atoms with E-state index in [0.29, 0.717) is 13.0 Å². The number of benzene rings is 2. The topological polar surface area (TPSA) is 35.5 Å². The Balaban J connectivity index is 1.68. The van der Waals surface area contributed by atoms with Gasteiger partial charge in [-0.3, -0.25) is 4.79 Å². The number of hydrogen-bond acceptors (Lipinski definition) is 3. The average Bonchev–Trinajstić information content (AvgIpc) is 2.58. The zero-order chi connectivity index (χ0) is 15.4. The van der Waals surface area contributed by atoms with Gasteiger partial charge in [-0.1, -0.05) is 67.6 Å². The fourth-order valence-corrected chi connectivity index (χ4v) is 2.64. The molecule has 0 aromatic heterocycles. The number of hydrogen-bond donors (Lipinski definition) is 0. The monoisotopic (exact) mass is 296 g/mol. The maximum atomic E-state index is 12.4. The first kappa shape index (κ1) is 14.9. The van der Waals surface area contributed by atoms with Crippen LogP contribution in [0.15, 0.2) is 60.7 Å². The molecule has 0 bridgehead atoms. The molecule has 3 atom stereocenters. The van der Waals surface area contributed by atoms with Crippen molar-refractivity contribution in [1.29, 1.82) is 0 Å². The molecule has 114 valence electrons. The lowest BCUT2D eigenvalue weighted by molar-refractivity contribution is -0.236. The number of carbonyl (C=O) groups excluding carboxylic acids is 1. The molecule has 0 unspecified atom stereocenters. The van der Waals surface area contributed by atoms with Crippen molar-refractivity contribution in [3.05, 3.63) is 71.8 Å². The van der Waals surface area contributed by atoms with Crippen molar-refractivity contribution >= 4 is 5.78 Å². The molecule has 0 N–H and O–H groups in total. The molecule has 1 heterocycles. The largest absolute Gasteiger partial charge is 0.348 e. The molecular weight excluding hydrogens is 276 g/mol. The number of ketones is 1. The smallest absolute Gasteiger partial charge is 0.184 e. The van der Waals surface area contributed by atoms with Gasteiger partial charge in [-0.2, -0.15) is 0 Å². The van der Waals surface area contributed by atoms with Crippen LogP contribution >= 0.6 is 0 Å². The van der Waals surface area contributed by atoms with Gasteiger partial charge in [-0.15, -0.1) is 0 Å². The van der Waals surface area contributed by atoms with E-state index in [1.165, 1.54) is 0 Å². The van der Waals surface area contributed by atoms with Crippen LogP contribution in [0.2, 0.25) is 0 Å². The first-order valence-corrected chi connectivity index (χ1v) is 7.64. The van der Waals surface area contributed by atoms with Crippen LogP contribution in [0.4, 0.5) is 0 Å². The molecule has 1 aliphatic rings. The van der Waals surface area contributed by atoms with Crippen LogP contribution < -0.4 is 0 Å². The van der Waals surface area contributed by atoms with Crippen LogP contribution in [0.25, 0.3) is 0 Å².